The predicted molar refractivity (Wildman–Crippen MR) is 69.5 cm³/mol. The molecule has 1 aromatic rings. The number of aryl methyl sites for hydroxylation is 1. The van der Waals surface area contributed by atoms with Gasteiger partial charge in [0.05, 0.1) is 0 Å². The average Bonchev–Trinajstić information content (AvgIpc) is 2.34. The van der Waals surface area contributed by atoms with Crippen molar-refractivity contribution in [3.8, 4) is 0 Å². The normalized spacial score (nSPS) is 12.3. The summed E-state index contributed by atoms with van der Waals surface area (Å²) in [7, 11) is 0. The SMILES string of the molecule is C=CCCC(CCc1ccncc1)NCC. The van der Waals surface area contributed by atoms with Crippen LogP contribution >= 0.6 is 0 Å². The third kappa shape index (κ3) is 5.08. The van der Waals surface area contributed by atoms with Crippen molar-refractivity contribution in [2.45, 2.75) is 38.6 Å². The summed E-state index contributed by atoms with van der Waals surface area (Å²) in [5.41, 5.74) is 1.37. The van der Waals surface area contributed by atoms with E-state index in [1.54, 1.807) is 0 Å². The number of nitrogens with one attached hydrogen (secondary N) is 1. The van der Waals surface area contributed by atoms with E-state index in [0.29, 0.717) is 6.04 Å². The number of pyridine rings is 1. The molecule has 1 unspecified atom stereocenters. The summed E-state index contributed by atoms with van der Waals surface area (Å²) in [4.78, 5) is 4.03. The van der Waals surface area contributed by atoms with Crippen molar-refractivity contribution in [2.75, 3.05) is 6.54 Å². The summed E-state index contributed by atoms with van der Waals surface area (Å²) in [5.74, 6) is 0. The van der Waals surface area contributed by atoms with E-state index in [-0.39, 0.29) is 0 Å². The van der Waals surface area contributed by atoms with Crippen LogP contribution in [0.5, 0.6) is 0 Å². The second kappa shape index (κ2) is 8.05. The summed E-state index contributed by atoms with van der Waals surface area (Å²) in [6, 6.07) is 4.80. The lowest BCUT2D eigenvalue weighted by Gasteiger charge is -2.16. The third-order valence-corrected chi connectivity index (χ3v) is 2.74. The fraction of sp³-hybridized carbons (Fsp3) is 0.500. The van der Waals surface area contributed by atoms with Crippen LogP contribution in [0.3, 0.4) is 0 Å². The molecule has 0 aromatic carbocycles. The van der Waals surface area contributed by atoms with Crippen molar-refractivity contribution in [3.05, 3.63) is 42.7 Å². The van der Waals surface area contributed by atoms with Gasteiger partial charge in [0, 0.05) is 18.4 Å². The number of allylic oxidation sites excluding steroid dienone is 1. The van der Waals surface area contributed by atoms with E-state index in [0.717, 1.165) is 19.4 Å². The highest BCUT2D eigenvalue weighted by molar-refractivity contribution is 5.09. The Morgan fingerprint density at radius 3 is 2.75 bits per heavy atom. The summed E-state index contributed by atoms with van der Waals surface area (Å²) >= 11 is 0. The molecule has 0 aliphatic rings. The number of hydrogen-bond donors (Lipinski definition) is 1. The van der Waals surface area contributed by atoms with Crippen molar-refractivity contribution in [2.24, 2.45) is 0 Å². The topological polar surface area (TPSA) is 24.9 Å². The van der Waals surface area contributed by atoms with Gasteiger partial charge in [-0.1, -0.05) is 13.0 Å². The first-order chi connectivity index (χ1) is 7.86. The molecule has 2 heteroatoms. The van der Waals surface area contributed by atoms with E-state index in [1.807, 2.05) is 18.5 Å². The molecule has 88 valence electrons. The van der Waals surface area contributed by atoms with Gasteiger partial charge in [-0.25, -0.2) is 0 Å². The summed E-state index contributed by atoms with van der Waals surface area (Å²) in [6.45, 7) is 6.97. The molecule has 0 bridgehead atoms. The molecule has 0 saturated carbocycles. The quantitative estimate of drug-likeness (QED) is 0.679. The van der Waals surface area contributed by atoms with Gasteiger partial charge in [0.2, 0.25) is 0 Å². The van der Waals surface area contributed by atoms with E-state index in [4.69, 9.17) is 0 Å². The maximum Gasteiger partial charge on any atom is 0.0270 e. The lowest BCUT2D eigenvalue weighted by Crippen LogP contribution is -2.29. The molecule has 0 radical (unpaired) electrons. The zero-order valence-corrected chi connectivity index (χ0v) is 10.2. The molecule has 0 spiro atoms. The molecule has 1 atom stereocenters. The van der Waals surface area contributed by atoms with Gasteiger partial charge in [0.1, 0.15) is 0 Å². The highest BCUT2D eigenvalue weighted by Crippen LogP contribution is 2.08. The van der Waals surface area contributed by atoms with Crippen LogP contribution in [0.2, 0.25) is 0 Å². The predicted octanol–water partition coefficient (Wildman–Crippen LogP) is 2.96. The van der Waals surface area contributed by atoms with Gasteiger partial charge in [0.25, 0.3) is 0 Å². The number of aromatic nitrogens is 1. The van der Waals surface area contributed by atoms with Crippen molar-refractivity contribution in [1.82, 2.24) is 10.3 Å². The van der Waals surface area contributed by atoms with Crippen molar-refractivity contribution < 1.29 is 0 Å². The van der Waals surface area contributed by atoms with Crippen LogP contribution in [0.4, 0.5) is 0 Å². The standard InChI is InChI=1S/C14H22N2/c1-3-5-6-14(16-4-2)8-7-13-9-11-15-12-10-13/h3,9-12,14,16H,1,4-8H2,2H3. The van der Waals surface area contributed by atoms with Crippen molar-refractivity contribution in [1.29, 1.82) is 0 Å². The zero-order valence-electron chi connectivity index (χ0n) is 10.2. The first kappa shape index (κ1) is 12.9. The van der Waals surface area contributed by atoms with Gasteiger partial charge in [-0.2, -0.15) is 0 Å². The third-order valence-electron chi connectivity index (χ3n) is 2.74. The minimum absolute atomic E-state index is 0.608. The maximum absolute atomic E-state index is 4.03. The van der Waals surface area contributed by atoms with Gasteiger partial charge >= 0.3 is 0 Å². The van der Waals surface area contributed by atoms with E-state index in [2.05, 4.69) is 35.9 Å². The monoisotopic (exact) mass is 218 g/mol. The van der Waals surface area contributed by atoms with Crippen LogP contribution in [0, 0.1) is 0 Å². The van der Waals surface area contributed by atoms with Gasteiger partial charge < -0.3 is 5.32 Å². The molecule has 1 heterocycles. The molecule has 0 saturated heterocycles. The van der Waals surface area contributed by atoms with E-state index >= 15 is 0 Å². The summed E-state index contributed by atoms with van der Waals surface area (Å²) in [5, 5.41) is 3.52. The second-order valence-electron chi connectivity index (χ2n) is 4.01. The highest BCUT2D eigenvalue weighted by Gasteiger charge is 2.06. The number of hydrogen-bond acceptors (Lipinski definition) is 2. The zero-order chi connectivity index (χ0) is 11.6. The van der Waals surface area contributed by atoms with Crippen LogP contribution in [0.1, 0.15) is 31.7 Å². The minimum atomic E-state index is 0.608. The second-order valence-corrected chi connectivity index (χ2v) is 4.01. The van der Waals surface area contributed by atoms with E-state index < -0.39 is 0 Å². The molecule has 0 fully saturated rings. The van der Waals surface area contributed by atoms with Crippen LogP contribution in [0.15, 0.2) is 37.2 Å². The summed E-state index contributed by atoms with van der Waals surface area (Å²) in [6.07, 6.45) is 10.3. The Morgan fingerprint density at radius 2 is 2.12 bits per heavy atom. The van der Waals surface area contributed by atoms with Crippen molar-refractivity contribution in [3.63, 3.8) is 0 Å². The Hall–Kier alpha value is -1.15. The van der Waals surface area contributed by atoms with E-state index in [9.17, 15) is 0 Å². The molecule has 0 amide bonds. The van der Waals surface area contributed by atoms with Crippen LogP contribution in [-0.4, -0.2) is 17.6 Å². The fourth-order valence-corrected chi connectivity index (χ4v) is 1.85. The smallest absolute Gasteiger partial charge is 0.0270 e. The van der Waals surface area contributed by atoms with Crippen molar-refractivity contribution >= 4 is 0 Å². The maximum atomic E-state index is 4.03. The Balaban J connectivity index is 2.34. The van der Waals surface area contributed by atoms with Gasteiger partial charge in [0.15, 0.2) is 0 Å². The molecular formula is C14H22N2. The van der Waals surface area contributed by atoms with Crippen LogP contribution in [0.25, 0.3) is 0 Å². The van der Waals surface area contributed by atoms with E-state index in [1.165, 1.54) is 18.4 Å². The Bertz CT molecular complexity index is 282. The first-order valence-electron chi connectivity index (χ1n) is 6.10. The number of nitrogens with zero attached hydrogens (tertiary/aromatic N) is 1. The van der Waals surface area contributed by atoms with Gasteiger partial charge in [-0.3, -0.25) is 4.98 Å². The lowest BCUT2D eigenvalue weighted by molar-refractivity contribution is 0.467. The molecule has 2 nitrogen and oxygen atoms in total. The summed E-state index contributed by atoms with van der Waals surface area (Å²) < 4.78 is 0. The van der Waals surface area contributed by atoms with Gasteiger partial charge in [-0.15, -0.1) is 6.58 Å². The molecule has 1 N–H and O–H groups in total. The van der Waals surface area contributed by atoms with Gasteiger partial charge in [-0.05, 0) is 49.9 Å². The molecule has 0 aliphatic carbocycles. The lowest BCUT2D eigenvalue weighted by atomic mass is 10.0. The highest BCUT2D eigenvalue weighted by atomic mass is 14.9. The molecule has 16 heavy (non-hydrogen) atoms. The minimum Gasteiger partial charge on any atom is -0.314 e. The largest absolute Gasteiger partial charge is 0.314 e. The Labute approximate surface area is 98.8 Å². The first-order valence-corrected chi connectivity index (χ1v) is 6.10. The van der Waals surface area contributed by atoms with Crippen LogP contribution in [-0.2, 0) is 6.42 Å². The number of rotatable bonds is 8. The Morgan fingerprint density at radius 1 is 1.38 bits per heavy atom. The fourth-order valence-electron chi connectivity index (χ4n) is 1.85. The molecular weight excluding hydrogens is 196 g/mol. The Kier molecular flexibility index (Phi) is 6.50. The molecule has 0 aliphatic heterocycles. The van der Waals surface area contributed by atoms with Crippen LogP contribution < -0.4 is 5.32 Å². The molecule has 1 rings (SSSR count). The average molecular weight is 218 g/mol. The molecule has 1 aromatic heterocycles.